The van der Waals surface area contributed by atoms with Gasteiger partial charge in [-0.3, -0.25) is 19.2 Å². The van der Waals surface area contributed by atoms with Gasteiger partial charge in [0.2, 0.25) is 0 Å². The SMILES string of the molecule is O=C(O)CCCCC(=O)OCC(O)COCC(O)COCC(O)COC(=O)CCCCC(=O)O. The summed E-state index contributed by atoms with van der Waals surface area (Å²) in [6.07, 6.45) is -1.75. The van der Waals surface area contributed by atoms with Gasteiger partial charge in [-0.25, -0.2) is 0 Å². The van der Waals surface area contributed by atoms with E-state index < -0.39 is 42.2 Å². The highest BCUT2D eigenvalue weighted by molar-refractivity contribution is 5.70. The number of aliphatic hydroxyl groups is 3. The summed E-state index contributed by atoms with van der Waals surface area (Å²) in [7, 11) is 0. The molecule has 0 amide bonds. The average Bonchev–Trinajstić information content (AvgIpc) is 2.76. The fourth-order valence-electron chi connectivity index (χ4n) is 2.44. The van der Waals surface area contributed by atoms with Crippen molar-refractivity contribution >= 4 is 23.9 Å². The summed E-state index contributed by atoms with van der Waals surface area (Å²) in [5.41, 5.74) is 0. The van der Waals surface area contributed by atoms with E-state index in [0.29, 0.717) is 25.7 Å². The molecule has 0 aromatic rings. The maximum Gasteiger partial charge on any atom is 0.305 e. The zero-order valence-electron chi connectivity index (χ0n) is 19.1. The number of aliphatic carboxylic acids is 2. The average molecular weight is 497 g/mol. The largest absolute Gasteiger partial charge is 0.481 e. The van der Waals surface area contributed by atoms with E-state index >= 15 is 0 Å². The van der Waals surface area contributed by atoms with Gasteiger partial charge < -0.3 is 44.5 Å². The van der Waals surface area contributed by atoms with E-state index in [-0.39, 0.29) is 65.3 Å². The van der Waals surface area contributed by atoms with Gasteiger partial charge >= 0.3 is 23.9 Å². The summed E-state index contributed by atoms with van der Waals surface area (Å²) in [6.45, 7) is -1.35. The Labute approximate surface area is 197 Å². The number of carboxylic acids is 2. The molecule has 0 aliphatic rings. The standard InChI is InChI=1S/C21H36O13/c22-15(9-31-11-16(23)13-33-20(29)7-3-1-5-18(25)26)10-32-12-17(24)14-34-21(30)8-4-2-6-19(27)28/h15-17,22-24H,1-14H2,(H,25,26)(H,27,28). The molecule has 0 aliphatic heterocycles. The lowest BCUT2D eigenvalue weighted by atomic mass is 10.2. The van der Waals surface area contributed by atoms with Crippen LogP contribution in [0.3, 0.4) is 0 Å². The predicted molar refractivity (Wildman–Crippen MR) is 114 cm³/mol. The van der Waals surface area contributed by atoms with Gasteiger partial charge in [-0.15, -0.1) is 0 Å². The van der Waals surface area contributed by atoms with Crippen molar-refractivity contribution in [3.05, 3.63) is 0 Å². The molecule has 0 bridgehead atoms. The lowest BCUT2D eigenvalue weighted by Crippen LogP contribution is -2.30. The minimum atomic E-state index is -1.10. The van der Waals surface area contributed by atoms with Crippen LogP contribution in [-0.4, -0.2) is 107 Å². The fourth-order valence-corrected chi connectivity index (χ4v) is 2.44. The number of unbranched alkanes of at least 4 members (excludes halogenated alkanes) is 2. The first kappa shape index (κ1) is 31.7. The van der Waals surface area contributed by atoms with E-state index in [4.69, 9.17) is 29.2 Å². The highest BCUT2D eigenvalue weighted by Gasteiger charge is 2.13. The molecule has 0 aromatic heterocycles. The molecule has 198 valence electrons. The van der Waals surface area contributed by atoms with Crippen LogP contribution in [0.15, 0.2) is 0 Å². The van der Waals surface area contributed by atoms with E-state index in [0.717, 1.165) is 0 Å². The van der Waals surface area contributed by atoms with Gasteiger partial charge in [0.1, 0.15) is 31.5 Å². The van der Waals surface area contributed by atoms with Gasteiger partial charge in [0.25, 0.3) is 0 Å². The summed E-state index contributed by atoms with van der Waals surface area (Å²) in [5, 5.41) is 46.2. The van der Waals surface area contributed by atoms with Crippen molar-refractivity contribution in [3.63, 3.8) is 0 Å². The first-order valence-electron chi connectivity index (χ1n) is 11.0. The topological polar surface area (TPSA) is 206 Å². The Hall–Kier alpha value is -2.32. The Bertz CT molecular complexity index is 545. The van der Waals surface area contributed by atoms with Gasteiger partial charge in [-0.2, -0.15) is 0 Å². The lowest BCUT2D eigenvalue weighted by molar-refractivity contribution is -0.148. The monoisotopic (exact) mass is 496 g/mol. The summed E-state index contributed by atoms with van der Waals surface area (Å²) >= 11 is 0. The third kappa shape index (κ3) is 21.5. The number of hydrogen-bond donors (Lipinski definition) is 5. The van der Waals surface area contributed by atoms with Crippen LogP contribution in [0.4, 0.5) is 0 Å². The van der Waals surface area contributed by atoms with Crippen LogP contribution in [0.2, 0.25) is 0 Å². The van der Waals surface area contributed by atoms with Crippen molar-refractivity contribution in [1.29, 1.82) is 0 Å². The maximum atomic E-state index is 11.5. The third-order valence-corrected chi connectivity index (χ3v) is 4.16. The molecule has 2 unspecified atom stereocenters. The number of rotatable bonds is 22. The molecule has 0 radical (unpaired) electrons. The minimum absolute atomic E-state index is 0.0280. The number of aliphatic hydroxyl groups excluding tert-OH is 3. The van der Waals surface area contributed by atoms with Crippen molar-refractivity contribution < 1.29 is 63.7 Å². The van der Waals surface area contributed by atoms with Crippen LogP contribution in [0, 0.1) is 0 Å². The smallest absolute Gasteiger partial charge is 0.305 e. The molecule has 0 fully saturated rings. The van der Waals surface area contributed by atoms with Crippen molar-refractivity contribution in [2.24, 2.45) is 0 Å². The minimum Gasteiger partial charge on any atom is -0.481 e. The summed E-state index contributed by atoms with van der Waals surface area (Å²) in [5.74, 6) is -2.98. The molecule has 2 atom stereocenters. The molecular formula is C21H36O13. The molecule has 0 aromatic carbocycles. The van der Waals surface area contributed by atoms with Crippen LogP contribution in [0.25, 0.3) is 0 Å². The maximum absolute atomic E-state index is 11.5. The lowest BCUT2D eigenvalue weighted by Gasteiger charge is -2.16. The quantitative estimate of drug-likeness (QED) is 0.0945. The zero-order valence-corrected chi connectivity index (χ0v) is 19.1. The molecule has 34 heavy (non-hydrogen) atoms. The first-order chi connectivity index (χ1) is 16.1. The normalized spacial score (nSPS) is 13.6. The summed E-state index contributed by atoms with van der Waals surface area (Å²) < 4.78 is 19.9. The van der Waals surface area contributed by atoms with Crippen LogP contribution in [0.5, 0.6) is 0 Å². The van der Waals surface area contributed by atoms with Crippen LogP contribution >= 0.6 is 0 Å². The Morgan fingerprint density at radius 2 is 0.794 bits per heavy atom. The first-order valence-corrected chi connectivity index (χ1v) is 11.0. The fraction of sp³-hybridized carbons (Fsp3) is 0.810. The molecule has 0 aliphatic carbocycles. The van der Waals surface area contributed by atoms with Crippen molar-refractivity contribution in [3.8, 4) is 0 Å². The van der Waals surface area contributed by atoms with Gasteiger partial charge in [-0.05, 0) is 25.7 Å². The molecule has 13 nitrogen and oxygen atoms in total. The van der Waals surface area contributed by atoms with E-state index in [1.165, 1.54) is 0 Å². The Kier molecular flexibility index (Phi) is 18.7. The van der Waals surface area contributed by atoms with E-state index in [9.17, 15) is 34.5 Å². The molecule has 0 heterocycles. The predicted octanol–water partition coefficient (Wildman–Crippen LogP) is -0.521. The number of hydrogen-bond acceptors (Lipinski definition) is 11. The number of carbonyl (C=O) groups excluding carboxylic acids is 2. The Balaban J connectivity index is 3.68. The van der Waals surface area contributed by atoms with Crippen LogP contribution in [0.1, 0.15) is 51.4 Å². The number of ether oxygens (including phenoxy) is 4. The van der Waals surface area contributed by atoms with E-state index in [2.05, 4.69) is 0 Å². The zero-order chi connectivity index (χ0) is 25.8. The molecule has 0 saturated heterocycles. The van der Waals surface area contributed by atoms with E-state index in [1.807, 2.05) is 0 Å². The second kappa shape index (κ2) is 20.1. The summed E-state index contributed by atoms with van der Waals surface area (Å²) in [4.78, 5) is 43.7. The molecule has 5 N–H and O–H groups in total. The van der Waals surface area contributed by atoms with Gasteiger partial charge in [0.15, 0.2) is 0 Å². The highest BCUT2D eigenvalue weighted by Crippen LogP contribution is 2.03. The summed E-state index contributed by atoms with van der Waals surface area (Å²) in [6, 6.07) is 0. The van der Waals surface area contributed by atoms with Crippen molar-refractivity contribution in [2.45, 2.75) is 69.7 Å². The number of carbonyl (C=O) groups is 4. The highest BCUT2D eigenvalue weighted by atomic mass is 16.6. The van der Waals surface area contributed by atoms with Crippen LogP contribution in [-0.2, 0) is 38.1 Å². The third-order valence-electron chi connectivity index (χ3n) is 4.16. The Morgan fingerprint density at radius 3 is 1.12 bits per heavy atom. The van der Waals surface area contributed by atoms with Crippen LogP contribution < -0.4 is 0 Å². The van der Waals surface area contributed by atoms with Gasteiger partial charge in [0, 0.05) is 25.7 Å². The van der Waals surface area contributed by atoms with Crippen molar-refractivity contribution in [2.75, 3.05) is 39.6 Å². The molecule has 0 spiro atoms. The van der Waals surface area contributed by atoms with Crippen molar-refractivity contribution in [1.82, 2.24) is 0 Å². The number of carboxylic acid groups (broad SMARTS) is 2. The Morgan fingerprint density at radius 1 is 0.500 bits per heavy atom. The molecule has 0 rings (SSSR count). The van der Waals surface area contributed by atoms with E-state index in [1.54, 1.807) is 0 Å². The second-order valence-corrected chi connectivity index (χ2v) is 7.60. The van der Waals surface area contributed by atoms with Gasteiger partial charge in [0.05, 0.1) is 26.4 Å². The second-order valence-electron chi connectivity index (χ2n) is 7.60. The van der Waals surface area contributed by atoms with Gasteiger partial charge in [-0.1, -0.05) is 0 Å². The molecule has 0 saturated carbocycles. The number of esters is 2. The molecular weight excluding hydrogens is 460 g/mol. The molecule has 13 heteroatoms.